The minimum Gasteiger partial charge on any atom is -0.354 e. The first-order valence-electron chi connectivity index (χ1n) is 5.50. The lowest BCUT2D eigenvalue weighted by atomic mass is 10.0. The summed E-state index contributed by atoms with van der Waals surface area (Å²) in [6.07, 6.45) is 3.73. The number of aryl methyl sites for hydroxylation is 1. The van der Waals surface area contributed by atoms with E-state index in [1.165, 1.54) is 12.7 Å². The van der Waals surface area contributed by atoms with Crippen LogP contribution in [0.1, 0.15) is 18.5 Å². The van der Waals surface area contributed by atoms with E-state index in [0.717, 1.165) is 24.8 Å². The van der Waals surface area contributed by atoms with Gasteiger partial charge in [0.05, 0.1) is 5.69 Å². The van der Waals surface area contributed by atoms with Gasteiger partial charge in [0.2, 0.25) is 0 Å². The minimum atomic E-state index is -0.280. The van der Waals surface area contributed by atoms with Crippen LogP contribution >= 0.6 is 15.9 Å². The molecule has 1 unspecified atom stereocenters. The maximum Gasteiger partial charge on any atom is 0.186 e. The van der Waals surface area contributed by atoms with Gasteiger partial charge in [-0.15, -0.1) is 0 Å². The van der Waals surface area contributed by atoms with Crippen molar-refractivity contribution >= 4 is 21.7 Å². The third-order valence-electron chi connectivity index (χ3n) is 2.98. The molecule has 0 saturated carbocycles. The Bertz CT molecular complexity index is 372. The predicted molar refractivity (Wildman–Crippen MR) is 65.5 cm³/mol. The average Bonchev–Trinajstić information content (AvgIpc) is 2.33. The van der Waals surface area contributed by atoms with Crippen LogP contribution in [0.15, 0.2) is 6.33 Å². The molecule has 0 aromatic carbocycles. The second-order valence-corrected chi connectivity index (χ2v) is 4.85. The number of piperidine rings is 1. The Kier molecular flexibility index (Phi) is 3.74. The highest BCUT2D eigenvalue weighted by Gasteiger charge is 2.23. The molecule has 0 bridgehead atoms. The highest BCUT2D eigenvalue weighted by molar-refractivity contribution is 9.09. The van der Waals surface area contributed by atoms with E-state index in [4.69, 9.17) is 0 Å². The summed E-state index contributed by atoms with van der Waals surface area (Å²) in [6.45, 7) is 3.43. The molecule has 2 rings (SSSR count). The summed E-state index contributed by atoms with van der Waals surface area (Å²) in [5.41, 5.74) is 0.422. The van der Waals surface area contributed by atoms with Crippen LogP contribution in [0.2, 0.25) is 0 Å². The summed E-state index contributed by atoms with van der Waals surface area (Å²) in [6, 6.07) is 0. The largest absolute Gasteiger partial charge is 0.354 e. The highest BCUT2D eigenvalue weighted by atomic mass is 79.9. The summed E-state index contributed by atoms with van der Waals surface area (Å²) in [5, 5.41) is 0.967. The van der Waals surface area contributed by atoms with Crippen molar-refractivity contribution in [2.45, 2.75) is 19.8 Å². The molecule has 0 spiro atoms. The van der Waals surface area contributed by atoms with Crippen LogP contribution in [0.25, 0.3) is 0 Å². The number of anilines is 1. The first-order valence-corrected chi connectivity index (χ1v) is 6.62. The fourth-order valence-electron chi connectivity index (χ4n) is 2.05. The van der Waals surface area contributed by atoms with Gasteiger partial charge in [-0.3, -0.25) is 0 Å². The van der Waals surface area contributed by atoms with Crippen molar-refractivity contribution < 1.29 is 4.39 Å². The van der Waals surface area contributed by atoms with Gasteiger partial charge in [-0.1, -0.05) is 15.9 Å². The van der Waals surface area contributed by atoms with E-state index in [9.17, 15) is 4.39 Å². The van der Waals surface area contributed by atoms with Crippen LogP contribution in [0.5, 0.6) is 0 Å². The van der Waals surface area contributed by atoms with Crippen molar-refractivity contribution in [3.05, 3.63) is 17.8 Å². The summed E-state index contributed by atoms with van der Waals surface area (Å²) in [4.78, 5) is 9.93. The molecule has 0 N–H and O–H groups in total. The number of nitrogens with zero attached hydrogens (tertiary/aromatic N) is 3. The molecule has 1 aliphatic rings. The second kappa shape index (κ2) is 5.08. The van der Waals surface area contributed by atoms with Crippen LogP contribution in [0.3, 0.4) is 0 Å². The van der Waals surface area contributed by atoms with Crippen LogP contribution in [-0.4, -0.2) is 28.4 Å². The molecule has 1 fully saturated rings. The maximum atomic E-state index is 13.8. The zero-order valence-corrected chi connectivity index (χ0v) is 10.9. The summed E-state index contributed by atoms with van der Waals surface area (Å²) >= 11 is 3.49. The molecule has 1 aromatic rings. The molecule has 1 aliphatic heterocycles. The number of alkyl halides is 1. The van der Waals surface area contributed by atoms with E-state index in [0.29, 0.717) is 17.4 Å². The topological polar surface area (TPSA) is 29.0 Å². The zero-order valence-electron chi connectivity index (χ0n) is 9.29. The third kappa shape index (κ3) is 2.34. The number of rotatable bonds is 2. The first-order chi connectivity index (χ1) is 7.72. The van der Waals surface area contributed by atoms with E-state index in [-0.39, 0.29) is 5.82 Å². The normalized spacial score (nSPS) is 21.2. The molecule has 16 heavy (non-hydrogen) atoms. The van der Waals surface area contributed by atoms with Gasteiger partial charge in [0, 0.05) is 18.4 Å². The van der Waals surface area contributed by atoms with Crippen LogP contribution < -0.4 is 4.90 Å². The molecule has 1 aromatic heterocycles. The van der Waals surface area contributed by atoms with E-state index >= 15 is 0 Å². The van der Waals surface area contributed by atoms with Gasteiger partial charge in [-0.2, -0.15) is 0 Å². The lowest BCUT2D eigenvalue weighted by molar-refractivity contribution is 0.445. The quantitative estimate of drug-likeness (QED) is 0.783. The van der Waals surface area contributed by atoms with Crippen molar-refractivity contribution in [3.8, 4) is 0 Å². The first kappa shape index (κ1) is 11.8. The Morgan fingerprint density at radius 2 is 2.38 bits per heavy atom. The molecule has 2 heterocycles. The van der Waals surface area contributed by atoms with E-state index in [2.05, 4.69) is 25.9 Å². The van der Waals surface area contributed by atoms with Crippen LogP contribution in [0.4, 0.5) is 10.2 Å². The van der Waals surface area contributed by atoms with Gasteiger partial charge in [-0.05, 0) is 25.7 Å². The van der Waals surface area contributed by atoms with Crippen molar-refractivity contribution in [1.29, 1.82) is 0 Å². The van der Waals surface area contributed by atoms with Crippen molar-refractivity contribution in [1.82, 2.24) is 9.97 Å². The average molecular weight is 288 g/mol. The van der Waals surface area contributed by atoms with Crippen molar-refractivity contribution in [2.24, 2.45) is 5.92 Å². The fourth-order valence-corrected chi connectivity index (χ4v) is 2.58. The summed E-state index contributed by atoms with van der Waals surface area (Å²) in [5.74, 6) is 0.763. The van der Waals surface area contributed by atoms with Gasteiger partial charge < -0.3 is 4.90 Å². The van der Waals surface area contributed by atoms with Crippen molar-refractivity contribution in [2.75, 3.05) is 23.3 Å². The lowest BCUT2D eigenvalue weighted by Gasteiger charge is -2.32. The smallest absolute Gasteiger partial charge is 0.186 e. The monoisotopic (exact) mass is 287 g/mol. The molecular formula is C11H15BrFN3. The molecule has 1 atom stereocenters. The Morgan fingerprint density at radius 1 is 1.56 bits per heavy atom. The second-order valence-electron chi connectivity index (χ2n) is 4.21. The van der Waals surface area contributed by atoms with Gasteiger partial charge in [0.1, 0.15) is 6.33 Å². The Labute approximate surface area is 103 Å². The van der Waals surface area contributed by atoms with Gasteiger partial charge >= 0.3 is 0 Å². The Balaban J connectivity index is 2.20. The third-order valence-corrected chi connectivity index (χ3v) is 3.90. The van der Waals surface area contributed by atoms with E-state index in [1.807, 2.05) is 4.90 Å². The number of halogens is 2. The standard InChI is InChI=1S/C11H15BrFN3/c1-8-10(13)11(15-7-14-8)16-4-2-3-9(5-12)6-16/h7,9H,2-6H2,1H3. The predicted octanol–water partition coefficient (Wildman–Crippen LogP) is 2.54. The molecule has 1 saturated heterocycles. The lowest BCUT2D eigenvalue weighted by Crippen LogP contribution is -2.37. The highest BCUT2D eigenvalue weighted by Crippen LogP contribution is 2.25. The number of hydrogen-bond acceptors (Lipinski definition) is 3. The molecule has 0 aliphatic carbocycles. The molecule has 0 radical (unpaired) electrons. The van der Waals surface area contributed by atoms with Crippen molar-refractivity contribution in [3.63, 3.8) is 0 Å². The zero-order chi connectivity index (χ0) is 11.5. The SMILES string of the molecule is Cc1ncnc(N2CCCC(CBr)C2)c1F. The molecular weight excluding hydrogens is 273 g/mol. The molecule has 3 nitrogen and oxygen atoms in total. The molecule has 0 amide bonds. The molecule has 5 heteroatoms. The van der Waals surface area contributed by atoms with E-state index < -0.39 is 0 Å². The summed E-state index contributed by atoms with van der Waals surface area (Å²) in [7, 11) is 0. The van der Waals surface area contributed by atoms with Crippen LogP contribution in [-0.2, 0) is 0 Å². The fraction of sp³-hybridized carbons (Fsp3) is 0.636. The van der Waals surface area contributed by atoms with Gasteiger partial charge in [0.15, 0.2) is 11.6 Å². The minimum absolute atomic E-state index is 0.280. The Hall–Kier alpha value is -0.710. The number of aromatic nitrogens is 2. The van der Waals surface area contributed by atoms with E-state index in [1.54, 1.807) is 6.92 Å². The summed E-state index contributed by atoms with van der Waals surface area (Å²) < 4.78 is 13.8. The maximum absolute atomic E-state index is 13.8. The number of hydrogen-bond donors (Lipinski definition) is 0. The molecule has 88 valence electrons. The van der Waals surface area contributed by atoms with Gasteiger partial charge in [0.25, 0.3) is 0 Å². The van der Waals surface area contributed by atoms with Crippen LogP contribution in [0, 0.1) is 18.7 Å². The van der Waals surface area contributed by atoms with Gasteiger partial charge in [-0.25, -0.2) is 14.4 Å². The Morgan fingerprint density at radius 3 is 3.12 bits per heavy atom.